The molecule has 0 aliphatic rings. The van der Waals surface area contributed by atoms with Crippen molar-refractivity contribution in [3.63, 3.8) is 0 Å². The van der Waals surface area contributed by atoms with Gasteiger partial charge < -0.3 is 14.4 Å². The summed E-state index contributed by atoms with van der Waals surface area (Å²) in [6, 6.07) is 15.1. The topological polar surface area (TPSA) is 51.7 Å². The number of aromatic nitrogens is 1. The first-order chi connectivity index (χ1) is 13.9. The van der Waals surface area contributed by atoms with Crippen molar-refractivity contribution in [2.75, 3.05) is 20.2 Å². The molecule has 3 rings (SSSR count). The quantitative estimate of drug-likeness (QED) is 0.496. The van der Waals surface area contributed by atoms with E-state index in [1.165, 1.54) is 16.9 Å². The van der Waals surface area contributed by atoms with Gasteiger partial charge in [-0.15, -0.1) is 11.3 Å². The Morgan fingerprint density at radius 2 is 1.83 bits per heavy atom. The van der Waals surface area contributed by atoms with E-state index in [4.69, 9.17) is 21.1 Å². The highest BCUT2D eigenvalue weighted by Gasteiger charge is 2.19. The van der Waals surface area contributed by atoms with Crippen molar-refractivity contribution in [3.8, 4) is 11.5 Å². The summed E-state index contributed by atoms with van der Waals surface area (Å²) in [5, 5.41) is 1.32. The van der Waals surface area contributed by atoms with E-state index in [0.29, 0.717) is 41.1 Å². The first-order valence-corrected chi connectivity index (χ1v) is 10.4. The van der Waals surface area contributed by atoms with Crippen molar-refractivity contribution in [2.45, 2.75) is 20.5 Å². The third-order valence-corrected chi connectivity index (χ3v) is 5.72. The number of aryl methyl sites for hydroxylation is 2. The molecule has 1 heterocycles. The van der Waals surface area contributed by atoms with Crippen LogP contribution < -0.4 is 9.47 Å². The fraction of sp³-hybridized carbons (Fsp3) is 0.273. The molecule has 5 nitrogen and oxygen atoms in total. The van der Waals surface area contributed by atoms with Crippen LogP contribution in [0.5, 0.6) is 11.5 Å². The van der Waals surface area contributed by atoms with Gasteiger partial charge in [0.2, 0.25) is 0 Å². The van der Waals surface area contributed by atoms with Crippen molar-refractivity contribution in [3.05, 3.63) is 74.7 Å². The van der Waals surface area contributed by atoms with Gasteiger partial charge in [-0.25, -0.2) is 4.98 Å². The van der Waals surface area contributed by atoms with E-state index in [1.807, 2.05) is 50.2 Å². The highest BCUT2D eigenvalue weighted by atomic mass is 35.5. The van der Waals surface area contributed by atoms with Gasteiger partial charge in [0.15, 0.2) is 0 Å². The molecule has 1 aromatic heterocycles. The molecular weight excluding hydrogens is 408 g/mol. The molecular formula is C22H23ClN2O3S. The minimum absolute atomic E-state index is 0.0793. The maximum absolute atomic E-state index is 12.8. The molecule has 0 spiro atoms. The Bertz CT molecular complexity index is 972. The lowest BCUT2D eigenvalue weighted by Crippen LogP contribution is -2.30. The van der Waals surface area contributed by atoms with Crippen molar-refractivity contribution < 1.29 is 14.3 Å². The Hall–Kier alpha value is -2.57. The van der Waals surface area contributed by atoms with Gasteiger partial charge in [0.25, 0.3) is 5.91 Å². The highest BCUT2D eigenvalue weighted by Crippen LogP contribution is 2.24. The lowest BCUT2D eigenvalue weighted by molar-refractivity contribution is 0.0777. The average Bonchev–Trinajstić information content (AvgIpc) is 3.09. The molecule has 1 amide bonds. The lowest BCUT2D eigenvalue weighted by atomic mass is 10.2. The zero-order valence-corrected chi connectivity index (χ0v) is 18.2. The van der Waals surface area contributed by atoms with Crippen LogP contribution in [0.1, 0.15) is 25.9 Å². The summed E-state index contributed by atoms with van der Waals surface area (Å²) >= 11 is 7.44. The van der Waals surface area contributed by atoms with Gasteiger partial charge in [-0.05, 0) is 38.1 Å². The molecule has 0 saturated heterocycles. The standard InChI is InChI=1S/C22H23ClN2O3S/c1-15-8-10-17(11-9-15)28-14-20-24-16(2)21(29-20)22(26)25(3)12-13-27-19-7-5-4-6-18(19)23/h4-11H,12-14H2,1-3H3. The molecule has 0 N–H and O–H groups in total. The monoisotopic (exact) mass is 430 g/mol. The van der Waals surface area contributed by atoms with Crippen molar-refractivity contribution in [1.82, 2.24) is 9.88 Å². The maximum atomic E-state index is 12.8. The second-order valence-electron chi connectivity index (χ2n) is 6.63. The van der Waals surface area contributed by atoms with E-state index in [9.17, 15) is 4.79 Å². The van der Waals surface area contributed by atoms with E-state index < -0.39 is 0 Å². The molecule has 152 valence electrons. The van der Waals surface area contributed by atoms with E-state index in [2.05, 4.69) is 4.98 Å². The number of thiazole rings is 1. The van der Waals surface area contributed by atoms with Crippen LogP contribution in [-0.2, 0) is 6.61 Å². The van der Waals surface area contributed by atoms with E-state index >= 15 is 0 Å². The van der Waals surface area contributed by atoms with Crippen LogP contribution in [0.2, 0.25) is 5.02 Å². The van der Waals surface area contributed by atoms with Crippen LogP contribution in [-0.4, -0.2) is 36.0 Å². The molecule has 7 heteroatoms. The Balaban J connectivity index is 1.54. The van der Waals surface area contributed by atoms with Gasteiger partial charge in [-0.1, -0.05) is 41.4 Å². The van der Waals surface area contributed by atoms with E-state index in [-0.39, 0.29) is 5.91 Å². The second kappa shape index (κ2) is 9.76. The minimum atomic E-state index is -0.0793. The van der Waals surface area contributed by atoms with Crippen molar-refractivity contribution in [2.24, 2.45) is 0 Å². The Morgan fingerprint density at radius 1 is 1.10 bits per heavy atom. The van der Waals surface area contributed by atoms with Gasteiger partial charge in [-0.2, -0.15) is 0 Å². The molecule has 0 aliphatic heterocycles. The molecule has 0 unspecified atom stereocenters. The van der Waals surface area contributed by atoms with Gasteiger partial charge >= 0.3 is 0 Å². The van der Waals surface area contributed by atoms with Gasteiger partial charge in [-0.3, -0.25) is 4.79 Å². The average molecular weight is 431 g/mol. The number of rotatable bonds is 8. The summed E-state index contributed by atoms with van der Waals surface area (Å²) in [5.74, 6) is 1.31. The summed E-state index contributed by atoms with van der Waals surface area (Å²) in [4.78, 5) is 19.5. The summed E-state index contributed by atoms with van der Waals surface area (Å²) in [6.07, 6.45) is 0. The fourth-order valence-electron chi connectivity index (χ4n) is 2.62. The zero-order valence-electron chi connectivity index (χ0n) is 16.6. The van der Waals surface area contributed by atoms with Crippen LogP contribution in [0.3, 0.4) is 0 Å². The third-order valence-electron chi connectivity index (χ3n) is 4.29. The Kier molecular flexibility index (Phi) is 7.12. The predicted molar refractivity (Wildman–Crippen MR) is 116 cm³/mol. The largest absolute Gasteiger partial charge is 0.490 e. The molecule has 0 radical (unpaired) electrons. The summed E-state index contributed by atoms with van der Waals surface area (Å²) in [6.45, 7) is 5.00. The van der Waals surface area contributed by atoms with Crippen LogP contribution in [0.4, 0.5) is 0 Å². The smallest absolute Gasteiger partial charge is 0.265 e. The number of benzene rings is 2. The number of nitrogens with zero attached hydrogens (tertiary/aromatic N) is 2. The number of carbonyl (C=O) groups excluding carboxylic acids is 1. The van der Waals surface area contributed by atoms with Crippen molar-refractivity contribution in [1.29, 1.82) is 0 Å². The molecule has 0 atom stereocenters. The Morgan fingerprint density at radius 3 is 2.55 bits per heavy atom. The lowest BCUT2D eigenvalue weighted by Gasteiger charge is -2.17. The highest BCUT2D eigenvalue weighted by molar-refractivity contribution is 7.13. The molecule has 0 aliphatic carbocycles. The molecule has 0 bridgehead atoms. The first kappa shape index (κ1) is 21.1. The molecule has 29 heavy (non-hydrogen) atoms. The fourth-order valence-corrected chi connectivity index (χ4v) is 3.78. The summed E-state index contributed by atoms with van der Waals surface area (Å²) in [5.41, 5.74) is 1.89. The number of para-hydroxylation sites is 1. The van der Waals surface area contributed by atoms with Gasteiger partial charge in [0.05, 0.1) is 17.3 Å². The van der Waals surface area contributed by atoms with E-state index in [0.717, 1.165) is 10.8 Å². The summed E-state index contributed by atoms with van der Waals surface area (Å²) in [7, 11) is 1.75. The predicted octanol–water partition coefficient (Wildman–Crippen LogP) is 5.14. The number of amides is 1. The van der Waals surface area contributed by atoms with Crippen LogP contribution >= 0.6 is 22.9 Å². The van der Waals surface area contributed by atoms with Gasteiger partial charge in [0.1, 0.15) is 34.6 Å². The molecule has 3 aromatic rings. The van der Waals surface area contributed by atoms with Crippen LogP contribution in [0.15, 0.2) is 48.5 Å². The number of ether oxygens (including phenoxy) is 2. The first-order valence-electron chi connectivity index (χ1n) is 9.22. The van der Waals surface area contributed by atoms with Crippen molar-refractivity contribution >= 4 is 28.8 Å². The molecule has 0 saturated carbocycles. The zero-order chi connectivity index (χ0) is 20.8. The third kappa shape index (κ3) is 5.71. The SMILES string of the molecule is Cc1ccc(OCc2nc(C)c(C(=O)N(C)CCOc3ccccc3Cl)s2)cc1. The number of carbonyl (C=O) groups is 1. The number of hydrogen-bond donors (Lipinski definition) is 0. The van der Waals surface area contributed by atoms with E-state index in [1.54, 1.807) is 24.1 Å². The Labute approximate surface area is 179 Å². The molecule has 0 fully saturated rings. The minimum Gasteiger partial charge on any atom is -0.490 e. The normalized spacial score (nSPS) is 10.6. The van der Waals surface area contributed by atoms with Crippen LogP contribution in [0, 0.1) is 13.8 Å². The number of halogens is 1. The molecule has 2 aromatic carbocycles. The maximum Gasteiger partial charge on any atom is 0.265 e. The number of hydrogen-bond acceptors (Lipinski definition) is 5. The number of likely N-dealkylation sites (N-methyl/N-ethyl adjacent to an activating group) is 1. The second-order valence-corrected chi connectivity index (χ2v) is 8.12. The van der Waals surface area contributed by atoms with Crippen LogP contribution in [0.25, 0.3) is 0 Å². The summed E-state index contributed by atoms with van der Waals surface area (Å²) < 4.78 is 11.4. The van der Waals surface area contributed by atoms with Gasteiger partial charge in [0, 0.05) is 7.05 Å².